The summed E-state index contributed by atoms with van der Waals surface area (Å²) in [7, 11) is 0. The highest BCUT2D eigenvalue weighted by molar-refractivity contribution is 4.87. The van der Waals surface area contributed by atoms with E-state index >= 15 is 0 Å². The molecule has 150 valence electrons. The molecule has 0 saturated heterocycles. The predicted octanol–water partition coefficient (Wildman–Crippen LogP) is 7.42. The summed E-state index contributed by atoms with van der Waals surface area (Å²) in [5.41, 5.74) is 0. The van der Waals surface area contributed by atoms with Crippen molar-refractivity contribution < 1.29 is 4.74 Å². The first-order valence-corrected chi connectivity index (χ1v) is 11.8. The van der Waals surface area contributed by atoms with Gasteiger partial charge in [-0.15, -0.1) is 0 Å². The molecule has 0 N–H and O–H groups in total. The van der Waals surface area contributed by atoms with Crippen molar-refractivity contribution in [2.75, 3.05) is 6.61 Å². The Morgan fingerprint density at radius 2 is 1.31 bits per heavy atom. The van der Waals surface area contributed by atoms with Crippen molar-refractivity contribution in [3.05, 3.63) is 0 Å². The maximum atomic E-state index is 8.95. The third kappa shape index (κ3) is 8.90. The second-order valence-corrected chi connectivity index (χ2v) is 9.06. The first-order valence-electron chi connectivity index (χ1n) is 11.8. The molecule has 26 heavy (non-hydrogen) atoms. The van der Waals surface area contributed by atoms with E-state index in [2.05, 4.69) is 13.0 Å². The Balaban J connectivity index is 1.41. The summed E-state index contributed by atoms with van der Waals surface area (Å²) in [4.78, 5) is 0. The minimum absolute atomic E-state index is 0.293. The van der Waals surface area contributed by atoms with Crippen LogP contribution in [0.3, 0.4) is 0 Å². The van der Waals surface area contributed by atoms with Crippen molar-refractivity contribution >= 4 is 0 Å². The van der Waals surface area contributed by atoms with Gasteiger partial charge in [-0.25, -0.2) is 0 Å². The fourth-order valence-electron chi connectivity index (χ4n) is 5.00. The van der Waals surface area contributed by atoms with E-state index in [1.54, 1.807) is 0 Å². The zero-order valence-corrected chi connectivity index (χ0v) is 17.4. The Hall–Kier alpha value is -0.550. The molecule has 0 unspecified atom stereocenters. The summed E-state index contributed by atoms with van der Waals surface area (Å²) in [5, 5.41) is 8.95. The summed E-state index contributed by atoms with van der Waals surface area (Å²) in [6.07, 6.45) is 23.4. The topological polar surface area (TPSA) is 33.0 Å². The van der Waals surface area contributed by atoms with Crippen LogP contribution in [0.25, 0.3) is 0 Å². The van der Waals surface area contributed by atoms with Crippen molar-refractivity contribution in [1.29, 1.82) is 5.26 Å². The van der Waals surface area contributed by atoms with Gasteiger partial charge in [0.25, 0.3) is 0 Å². The molecule has 2 fully saturated rings. The normalized spacial score (nSPS) is 29.4. The quantitative estimate of drug-likeness (QED) is 0.339. The van der Waals surface area contributed by atoms with Crippen molar-refractivity contribution in [3.63, 3.8) is 0 Å². The fraction of sp³-hybridized carbons (Fsp3) is 0.958. The van der Waals surface area contributed by atoms with Crippen molar-refractivity contribution in [3.8, 4) is 6.07 Å². The van der Waals surface area contributed by atoms with Gasteiger partial charge < -0.3 is 4.74 Å². The number of nitrogens with zero attached hydrogens (tertiary/aromatic N) is 1. The van der Waals surface area contributed by atoms with Gasteiger partial charge >= 0.3 is 0 Å². The SMILES string of the molecule is CCCCCCCC[C@H]1CC[C@H](CCCOC2CCC(C#N)CC2)CC1. The van der Waals surface area contributed by atoms with Crippen LogP contribution in [0.2, 0.25) is 0 Å². The number of rotatable bonds is 12. The Morgan fingerprint density at radius 3 is 1.92 bits per heavy atom. The number of ether oxygens (including phenoxy) is 1. The lowest BCUT2D eigenvalue weighted by molar-refractivity contribution is 0.0187. The largest absolute Gasteiger partial charge is 0.378 e. The van der Waals surface area contributed by atoms with E-state index in [1.165, 1.54) is 83.5 Å². The van der Waals surface area contributed by atoms with Gasteiger partial charge in [0.15, 0.2) is 0 Å². The Bertz CT molecular complexity index is 372. The molecular weight excluding hydrogens is 318 g/mol. The fourth-order valence-corrected chi connectivity index (χ4v) is 5.00. The zero-order valence-electron chi connectivity index (χ0n) is 17.4. The molecule has 0 amide bonds. The van der Waals surface area contributed by atoms with E-state index in [9.17, 15) is 0 Å². The monoisotopic (exact) mass is 361 g/mol. The highest BCUT2D eigenvalue weighted by Gasteiger charge is 2.22. The van der Waals surface area contributed by atoms with Crippen LogP contribution in [0, 0.1) is 29.1 Å². The Kier molecular flexibility index (Phi) is 11.4. The number of nitriles is 1. The molecule has 0 aromatic carbocycles. The summed E-state index contributed by atoms with van der Waals surface area (Å²) in [6.45, 7) is 3.24. The van der Waals surface area contributed by atoms with E-state index < -0.39 is 0 Å². The molecule has 2 heteroatoms. The van der Waals surface area contributed by atoms with Crippen LogP contribution in [0.4, 0.5) is 0 Å². The smallest absolute Gasteiger partial charge is 0.0655 e. The number of hydrogen-bond acceptors (Lipinski definition) is 2. The third-order valence-electron chi connectivity index (χ3n) is 6.90. The maximum absolute atomic E-state index is 8.95. The summed E-state index contributed by atoms with van der Waals surface area (Å²) in [6, 6.07) is 2.41. The van der Waals surface area contributed by atoms with Gasteiger partial charge in [0.1, 0.15) is 0 Å². The molecule has 0 aromatic heterocycles. The van der Waals surface area contributed by atoms with Gasteiger partial charge in [0, 0.05) is 12.5 Å². The second-order valence-electron chi connectivity index (χ2n) is 9.06. The molecule has 2 aliphatic rings. The number of unbranched alkanes of at least 4 members (excludes halogenated alkanes) is 5. The van der Waals surface area contributed by atoms with Crippen molar-refractivity contribution in [1.82, 2.24) is 0 Å². The Morgan fingerprint density at radius 1 is 0.731 bits per heavy atom. The molecule has 0 radical (unpaired) electrons. The predicted molar refractivity (Wildman–Crippen MR) is 110 cm³/mol. The van der Waals surface area contributed by atoms with Crippen LogP contribution in [0.1, 0.15) is 116 Å². The van der Waals surface area contributed by atoms with E-state index in [1.807, 2.05) is 0 Å². The minimum Gasteiger partial charge on any atom is -0.378 e. The first-order chi connectivity index (χ1) is 12.8. The second kappa shape index (κ2) is 13.6. The van der Waals surface area contributed by atoms with Crippen LogP contribution in [-0.2, 0) is 4.74 Å². The van der Waals surface area contributed by atoms with Crippen molar-refractivity contribution in [2.45, 2.75) is 122 Å². The maximum Gasteiger partial charge on any atom is 0.0655 e. The van der Waals surface area contributed by atoms with Crippen LogP contribution in [0.5, 0.6) is 0 Å². The van der Waals surface area contributed by atoms with Crippen LogP contribution in [-0.4, -0.2) is 12.7 Å². The molecule has 2 rings (SSSR count). The average Bonchev–Trinajstić information content (AvgIpc) is 2.69. The summed E-state index contributed by atoms with van der Waals surface area (Å²) in [5.74, 6) is 2.29. The molecular formula is C24H43NO. The van der Waals surface area contributed by atoms with E-state index in [0.717, 1.165) is 44.1 Å². The van der Waals surface area contributed by atoms with Gasteiger partial charge in [-0.05, 0) is 50.4 Å². The average molecular weight is 362 g/mol. The third-order valence-corrected chi connectivity index (χ3v) is 6.90. The van der Waals surface area contributed by atoms with Gasteiger partial charge in [-0.2, -0.15) is 5.26 Å². The van der Waals surface area contributed by atoms with Gasteiger partial charge in [0.05, 0.1) is 12.2 Å². The molecule has 0 atom stereocenters. The minimum atomic E-state index is 0.293. The Labute approximate surface area is 163 Å². The van der Waals surface area contributed by atoms with Gasteiger partial charge in [0.2, 0.25) is 0 Å². The molecule has 2 aliphatic carbocycles. The van der Waals surface area contributed by atoms with Crippen LogP contribution in [0.15, 0.2) is 0 Å². The lowest BCUT2D eigenvalue weighted by Gasteiger charge is -2.29. The molecule has 0 bridgehead atoms. The van der Waals surface area contributed by atoms with Crippen LogP contribution < -0.4 is 0 Å². The lowest BCUT2D eigenvalue weighted by atomic mass is 9.78. The molecule has 0 aromatic rings. The van der Waals surface area contributed by atoms with Crippen molar-refractivity contribution in [2.24, 2.45) is 17.8 Å². The standard InChI is InChI=1S/C24H43NO/c1-2-3-4-5-6-7-9-21-11-13-22(14-12-21)10-8-19-26-24-17-15-23(20-25)16-18-24/h21-24H,2-19H2,1H3/t21-,22-,23?,24?. The molecule has 0 spiro atoms. The first kappa shape index (κ1) is 21.7. The summed E-state index contributed by atoms with van der Waals surface area (Å²) >= 11 is 0. The van der Waals surface area contributed by atoms with Gasteiger partial charge in [-0.3, -0.25) is 0 Å². The molecule has 0 heterocycles. The molecule has 2 nitrogen and oxygen atoms in total. The van der Waals surface area contributed by atoms with E-state index in [0.29, 0.717) is 12.0 Å². The van der Waals surface area contributed by atoms with E-state index in [4.69, 9.17) is 10.00 Å². The molecule has 0 aliphatic heterocycles. The van der Waals surface area contributed by atoms with Crippen LogP contribution >= 0.6 is 0 Å². The lowest BCUT2D eigenvalue weighted by Crippen LogP contribution is -2.22. The highest BCUT2D eigenvalue weighted by atomic mass is 16.5. The number of hydrogen-bond donors (Lipinski definition) is 0. The zero-order chi connectivity index (χ0) is 18.5. The highest BCUT2D eigenvalue weighted by Crippen LogP contribution is 2.34. The van der Waals surface area contributed by atoms with Gasteiger partial charge in [-0.1, -0.05) is 77.6 Å². The van der Waals surface area contributed by atoms with E-state index in [-0.39, 0.29) is 0 Å². The summed E-state index contributed by atoms with van der Waals surface area (Å²) < 4.78 is 6.07. The molecule has 2 saturated carbocycles.